The molecule has 0 spiro atoms. The van der Waals surface area contributed by atoms with Crippen LogP contribution in [0, 0.1) is 6.92 Å². The highest BCUT2D eigenvalue weighted by atomic mass is 79.9. The highest BCUT2D eigenvalue weighted by Crippen LogP contribution is 2.38. The highest BCUT2D eigenvalue weighted by molar-refractivity contribution is 9.11. The number of halogens is 3. The van der Waals surface area contributed by atoms with Crippen LogP contribution in [-0.4, -0.2) is 9.97 Å². The molecule has 0 aliphatic carbocycles. The van der Waals surface area contributed by atoms with Crippen molar-refractivity contribution in [3.05, 3.63) is 67.0 Å². The molecule has 1 heterocycles. The normalized spacial score (nSPS) is 12.8. The summed E-state index contributed by atoms with van der Waals surface area (Å²) in [5.41, 5.74) is 4.47. The molecule has 2 N–H and O–H groups in total. The topological polar surface area (TPSA) is 48.6 Å². The number of H-pyrrole nitrogens is 2. The molecule has 0 aliphatic rings. The van der Waals surface area contributed by atoms with E-state index in [1.54, 1.807) is 0 Å². The quantitative estimate of drug-likeness (QED) is 0.548. The SMILES string of the molecule is Cc1ccc(C(Br)c2cc3[nH]c(=O)[nH]c3cc2Br)cc1Cl. The van der Waals surface area contributed by atoms with Crippen LogP contribution in [0.5, 0.6) is 0 Å². The molecule has 3 aromatic rings. The lowest BCUT2D eigenvalue weighted by atomic mass is 10.0. The van der Waals surface area contributed by atoms with Crippen LogP contribution in [0.4, 0.5) is 0 Å². The molecule has 1 unspecified atom stereocenters. The van der Waals surface area contributed by atoms with E-state index in [1.165, 1.54) is 0 Å². The summed E-state index contributed by atoms with van der Waals surface area (Å²) < 4.78 is 0.920. The van der Waals surface area contributed by atoms with Gasteiger partial charge in [0.05, 0.1) is 15.9 Å². The molecular weight excluding hydrogens is 419 g/mol. The molecule has 2 aromatic carbocycles. The van der Waals surface area contributed by atoms with Gasteiger partial charge in [0, 0.05) is 9.50 Å². The molecule has 21 heavy (non-hydrogen) atoms. The molecule has 6 heteroatoms. The molecule has 108 valence electrons. The van der Waals surface area contributed by atoms with Crippen LogP contribution in [0.25, 0.3) is 11.0 Å². The summed E-state index contributed by atoms with van der Waals surface area (Å²) in [6.07, 6.45) is 0. The average Bonchev–Trinajstić information content (AvgIpc) is 2.79. The molecule has 0 saturated heterocycles. The van der Waals surface area contributed by atoms with E-state index in [-0.39, 0.29) is 10.5 Å². The molecule has 1 atom stereocenters. The summed E-state index contributed by atoms with van der Waals surface area (Å²) in [6, 6.07) is 9.83. The van der Waals surface area contributed by atoms with Gasteiger partial charge in [0.2, 0.25) is 0 Å². The molecule has 0 amide bonds. The van der Waals surface area contributed by atoms with Crippen molar-refractivity contribution in [2.45, 2.75) is 11.8 Å². The van der Waals surface area contributed by atoms with Crippen molar-refractivity contribution in [2.24, 2.45) is 0 Å². The first-order chi connectivity index (χ1) is 9.95. The third-order valence-electron chi connectivity index (χ3n) is 3.39. The van der Waals surface area contributed by atoms with Crippen LogP contribution in [0.1, 0.15) is 21.5 Å². The maximum Gasteiger partial charge on any atom is 0.323 e. The number of fused-ring (bicyclic) bond motifs is 1. The first kappa shape index (κ1) is 14.9. The Morgan fingerprint density at radius 3 is 2.48 bits per heavy atom. The van der Waals surface area contributed by atoms with Crippen LogP contribution in [0.3, 0.4) is 0 Å². The van der Waals surface area contributed by atoms with Crippen LogP contribution >= 0.6 is 43.5 Å². The summed E-state index contributed by atoms with van der Waals surface area (Å²) in [5.74, 6) is 0. The first-order valence-corrected chi connectivity index (χ1v) is 8.36. The second kappa shape index (κ2) is 5.63. The van der Waals surface area contributed by atoms with Crippen molar-refractivity contribution in [1.29, 1.82) is 0 Å². The fourth-order valence-corrected chi connectivity index (χ4v) is 3.95. The third kappa shape index (κ3) is 2.82. The number of imidazole rings is 1. The highest BCUT2D eigenvalue weighted by Gasteiger charge is 2.16. The summed E-state index contributed by atoms with van der Waals surface area (Å²) in [5, 5.41) is 0.740. The molecule has 0 bridgehead atoms. The van der Waals surface area contributed by atoms with Gasteiger partial charge in [-0.05, 0) is 41.8 Å². The first-order valence-electron chi connectivity index (χ1n) is 6.27. The van der Waals surface area contributed by atoms with Gasteiger partial charge in [0.25, 0.3) is 0 Å². The van der Waals surface area contributed by atoms with Crippen molar-refractivity contribution in [3.63, 3.8) is 0 Å². The maximum atomic E-state index is 11.4. The van der Waals surface area contributed by atoms with Gasteiger partial charge < -0.3 is 9.97 Å². The van der Waals surface area contributed by atoms with Crippen LogP contribution < -0.4 is 5.69 Å². The molecule has 1 aromatic heterocycles. The zero-order valence-electron chi connectivity index (χ0n) is 11.0. The van der Waals surface area contributed by atoms with E-state index in [2.05, 4.69) is 41.8 Å². The van der Waals surface area contributed by atoms with Crippen molar-refractivity contribution in [2.75, 3.05) is 0 Å². The van der Waals surface area contributed by atoms with Gasteiger partial charge in [-0.25, -0.2) is 4.79 Å². The summed E-state index contributed by atoms with van der Waals surface area (Å²) in [6.45, 7) is 1.97. The molecule has 0 aliphatic heterocycles. The number of hydrogen-bond acceptors (Lipinski definition) is 1. The van der Waals surface area contributed by atoms with Gasteiger partial charge in [0.1, 0.15) is 0 Å². The second-order valence-corrected chi connectivity index (χ2v) is 7.05. The summed E-state index contributed by atoms with van der Waals surface area (Å²) >= 11 is 13.5. The van der Waals surface area contributed by atoms with Crippen molar-refractivity contribution < 1.29 is 0 Å². The van der Waals surface area contributed by atoms with Gasteiger partial charge in [-0.3, -0.25) is 0 Å². The maximum absolute atomic E-state index is 11.4. The third-order valence-corrected chi connectivity index (χ3v) is 5.51. The van der Waals surface area contributed by atoms with E-state index in [4.69, 9.17) is 11.6 Å². The van der Waals surface area contributed by atoms with Crippen LogP contribution in [-0.2, 0) is 0 Å². The second-order valence-electron chi connectivity index (χ2n) is 4.87. The minimum atomic E-state index is -0.210. The van der Waals surface area contributed by atoms with E-state index in [1.807, 2.05) is 37.3 Å². The molecule has 0 fully saturated rings. The molecular formula is C15H11Br2ClN2O. The van der Waals surface area contributed by atoms with E-state index in [0.29, 0.717) is 0 Å². The van der Waals surface area contributed by atoms with E-state index >= 15 is 0 Å². The molecule has 0 saturated carbocycles. The Bertz CT molecular complexity index is 885. The van der Waals surface area contributed by atoms with Gasteiger partial charge >= 0.3 is 5.69 Å². The predicted octanol–water partition coefficient (Wildman–Crippen LogP) is 5.06. The Hall–Kier alpha value is -1.04. The number of hydrogen-bond donors (Lipinski definition) is 2. The Labute approximate surface area is 143 Å². The number of rotatable bonds is 2. The lowest BCUT2D eigenvalue weighted by molar-refractivity contribution is 1.16. The number of aromatic amines is 2. The zero-order chi connectivity index (χ0) is 15.1. The molecule has 3 nitrogen and oxygen atoms in total. The average molecular weight is 431 g/mol. The van der Waals surface area contributed by atoms with Crippen molar-refractivity contribution >= 4 is 54.5 Å². The lowest BCUT2D eigenvalue weighted by Crippen LogP contribution is -1.99. The van der Waals surface area contributed by atoms with Crippen LogP contribution in [0.2, 0.25) is 5.02 Å². The number of aryl methyl sites for hydroxylation is 1. The number of nitrogens with one attached hydrogen (secondary N) is 2. The van der Waals surface area contributed by atoms with Gasteiger partial charge in [-0.2, -0.15) is 0 Å². The zero-order valence-corrected chi connectivity index (χ0v) is 14.9. The summed E-state index contributed by atoms with van der Waals surface area (Å²) in [7, 11) is 0. The van der Waals surface area contributed by atoms with Crippen molar-refractivity contribution in [3.8, 4) is 0 Å². The fraction of sp³-hybridized carbons (Fsp3) is 0.133. The number of alkyl halides is 1. The summed E-state index contributed by atoms with van der Waals surface area (Å²) in [4.78, 5) is 16.9. The smallest absolute Gasteiger partial charge is 0.306 e. The molecule has 3 rings (SSSR count). The predicted molar refractivity (Wildman–Crippen MR) is 93.6 cm³/mol. The number of aromatic nitrogens is 2. The Morgan fingerprint density at radius 1 is 1.14 bits per heavy atom. The Balaban J connectivity index is 2.11. The van der Waals surface area contributed by atoms with E-state index < -0.39 is 0 Å². The van der Waals surface area contributed by atoms with Gasteiger partial charge in [0.15, 0.2) is 0 Å². The minimum Gasteiger partial charge on any atom is -0.306 e. The molecule has 0 radical (unpaired) electrons. The van der Waals surface area contributed by atoms with Crippen molar-refractivity contribution in [1.82, 2.24) is 9.97 Å². The Kier molecular flexibility index (Phi) is 3.99. The van der Waals surface area contributed by atoms with E-state index in [0.717, 1.165) is 37.2 Å². The Morgan fingerprint density at radius 2 is 1.81 bits per heavy atom. The largest absolute Gasteiger partial charge is 0.323 e. The standard InChI is InChI=1S/C15H11Br2ClN2O/c1-7-2-3-8(4-11(7)18)14(17)9-5-12-13(6-10(9)16)20-15(21)19-12/h2-6,14H,1H3,(H2,19,20,21). The minimum absolute atomic E-state index is 0.0206. The fourth-order valence-electron chi connectivity index (χ4n) is 2.21. The monoisotopic (exact) mass is 428 g/mol. The van der Waals surface area contributed by atoms with Gasteiger partial charge in [-0.15, -0.1) is 0 Å². The number of benzene rings is 2. The van der Waals surface area contributed by atoms with E-state index in [9.17, 15) is 4.79 Å². The van der Waals surface area contributed by atoms with Crippen LogP contribution in [0.15, 0.2) is 39.6 Å². The van der Waals surface area contributed by atoms with Gasteiger partial charge in [-0.1, -0.05) is 55.6 Å². The lowest BCUT2D eigenvalue weighted by Gasteiger charge is -2.14.